The van der Waals surface area contributed by atoms with Gasteiger partial charge in [-0.2, -0.15) is 5.26 Å². The van der Waals surface area contributed by atoms with Crippen molar-refractivity contribution in [2.24, 2.45) is 5.92 Å². The summed E-state index contributed by atoms with van der Waals surface area (Å²) >= 11 is 6.27. The normalized spacial score (nSPS) is 19.5. The molecule has 17 heteroatoms. The summed E-state index contributed by atoms with van der Waals surface area (Å²) in [4.78, 5) is 81.9. The van der Waals surface area contributed by atoms with Crippen molar-refractivity contribution in [3.05, 3.63) is 111 Å². The fourth-order valence-electron chi connectivity index (χ4n) is 8.75. The van der Waals surface area contributed by atoms with Crippen LogP contribution in [0.5, 0.6) is 0 Å². The highest BCUT2D eigenvalue weighted by Gasteiger charge is 2.45. The first-order valence-corrected chi connectivity index (χ1v) is 20.6. The van der Waals surface area contributed by atoms with Gasteiger partial charge >= 0.3 is 0 Å². The van der Waals surface area contributed by atoms with Crippen LogP contribution < -0.4 is 20.4 Å². The fraction of sp³-hybridized carbons (Fsp3) is 0.318. The number of piperidine rings is 2. The summed E-state index contributed by atoms with van der Waals surface area (Å²) in [5, 5.41) is 15.1. The maximum Gasteiger partial charge on any atom is 0.262 e. The van der Waals surface area contributed by atoms with Gasteiger partial charge in [-0.25, -0.2) is 14.4 Å². The van der Waals surface area contributed by atoms with Crippen molar-refractivity contribution in [2.75, 3.05) is 60.9 Å². The van der Waals surface area contributed by atoms with Crippen LogP contribution >= 0.6 is 11.6 Å². The molecule has 3 fully saturated rings. The van der Waals surface area contributed by atoms with Crippen LogP contribution in [0.4, 0.5) is 27.3 Å². The molecule has 5 amide bonds. The van der Waals surface area contributed by atoms with Crippen LogP contribution in [0.3, 0.4) is 0 Å². The summed E-state index contributed by atoms with van der Waals surface area (Å²) < 4.78 is 15.5. The van der Waals surface area contributed by atoms with E-state index in [4.69, 9.17) is 11.6 Å². The molecule has 1 aromatic heterocycles. The number of carbonyl (C=O) groups excluding carboxylic acids is 5. The van der Waals surface area contributed by atoms with Crippen molar-refractivity contribution < 1.29 is 28.4 Å². The highest BCUT2D eigenvalue weighted by molar-refractivity contribution is 6.32. The molecule has 61 heavy (non-hydrogen) atoms. The number of nitrogens with zero attached hydrogens (tertiary/aromatic N) is 8. The fourth-order valence-corrected chi connectivity index (χ4v) is 8.97. The Hall–Kier alpha value is -6.70. The molecule has 310 valence electrons. The molecule has 0 radical (unpaired) electrons. The van der Waals surface area contributed by atoms with Crippen LogP contribution in [0.1, 0.15) is 73.6 Å². The Morgan fingerprint density at radius 3 is 2.36 bits per heavy atom. The SMILES string of the molecule is N#Cc1ccc(N2C=Cc3c(ncnc3Nc3ccc(C(=O)N4CCC(CN5CCN(c6cc7c(cc6F)C(=O)N(C6CCC(=O)NC6=O)C7=O)CC5)CC4)cc3)C2)cc1Cl. The maximum absolute atomic E-state index is 15.5. The predicted octanol–water partition coefficient (Wildman–Crippen LogP) is 4.95. The summed E-state index contributed by atoms with van der Waals surface area (Å²) in [6, 6.07) is 16.1. The van der Waals surface area contributed by atoms with Crippen LogP contribution in [0.25, 0.3) is 6.08 Å². The molecule has 6 heterocycles. The lowest BCUT2D eigenvalue weighted by Gasteiger charge is -2.39. The summed E-state index contributed by atoms with van der Waals surface area (Å²) in [5.74, 6) is -2.13. The number of aromatic nitrogens is 2. The van der Waals surface area contributed by atoms with Gasteiger partial charge in [0.1, 0.15) is 30.1 Å². The van der Waals surface area contributed by atoms with Crippen molar-refractivity contribution in [1.29, 1.82) is 5.26 Å². The van der Waals surface area contributed by atoms with Crippen molar-refractivity contribution in [3.8, 4) is 6.07 Å². The number of likely N-dealkylation sites (tertiary alicyclic amines) is 1. The summed E-state index contributed by atoms with van der Waals surface area (Å²) in [7, 11) is 0. The minimum absolute atomic E-state index is 0.00762. The molecule has 2 N–H and O–H groups in total. The van der Waals surface area contributed by atoms with Crippen molar-refractivity contribution in [3.63, 3.8) is 0 Å². The first-order valence-electron chi connectivity index (χ1n) is 20.2. The number of nitriles is 1. The largest absolute Gasteiger partial charge is 0.367 e. The number of benzene rings is 3. The highest BCUT2D eigenvalue weighted by atomic mass is 35.5. The number of nitrogens with one attached hydrogen (secondary N) is 2. The molecular weight excluding hydrogens is 803 g/mol. The molecular formula is C44H40ClFN10O5. The molecule has 5 aliphatic heterocycles. The lowest BCUT2D eigenvalue weighted by molar-refractivity contribution is -0.136. The minimum Gasteiger partial charge on any atom is -0.367 e. The quantitative estimate of drug-likeness (QED) is 0.229. The Morgan fingerprint density at radius 1 is 0.918 bits per heavy atom. The Balaban J connectivity index is 0.748. The van der Waals surface area contributed by atoms with Crippen LogP contribution in [0.2, 0.25) is 5.02 Å². The topological polar surface area (TPSA) is 175 Å². The van der Waals surface area contributed by atoms with Gasteiger partial charge in [0.05, 0.1) is 39.6 Å². The third-order valence-electron chi connectivity index (χ3n) is 12.1. The number of hydrogen-bond donors (Lipinski definition) is 2. The average molecular weight is 843 g/mol. The van der Waals surface area contributed by atoms with E-state index < -0.39 is 35.5 Å². The first-order chi connectivity index (χ1) is 29.5. The lowest BCUT2D eigenvalue weighted by atomic mass is 9.95. The van der Waals surface area contributed by atoms with Gasteiger partial charge in [-0.1, -0.05) is 11.6 Å². The zero-order valence-electron chi connectivity index (χ0n) is 32.9. The Morgan fingerprint density at radius 2 is 1.66 bits per heavy atom. The van der Waals surface area contributed by atoms with E-state index >= 15 is 4.39 Å². The van der Waals surface area contributed by atoms with E-state index in [1.165, 1.54) is 12.4 Å². The Bertz CT molecular complexity index is 2550. The Labute approximate surface area is 355 Å². The zero-order valence-corrected chi connectivity index (χ0v) is 33.7. The first kappa shape index (κ1) is 39.7. The van der Waals surface area contributed by atoms with Crippen LogP contribution in [-0.2, 0) is 16.1 Å². The molecule has 3 aromatic carbocycles. The summed E-state index contributed by atoms with van der Waals surface area (Å²) in [6.45, 7) is 5.09. The third-order valence-corrected chi connectivity index (χ3v) is 12.5. The molecule has 0 spiro atoms. The molecule has 0 saturated carbocycles. The number of carbonyl (C=O) groups is 5. The van der Waals surface area contributed by atoms with Gasteiger partial charge in [0.25, 0.3) is 17.7 Å². The zero-order chi connectivity index (χ0) is 42.4. The number of rotatable bonds is 8. The number of halogens is 2. The van der Waals surface area contributed by atoms with E-state index in [-0.39, 0.29) is 35.6 Å². The van der Waals surface area contributed by atoms with E-state index in [0.717, 1.165) is 53.0 Å². The molecule has 1 atom stereocenters. The van der Waals surface area contributed by atoms with E-state index in [1.54, 1.807) is 12.1 Å². The molecule has 1 unspecified atom stereocenters. The molecule has 4 aromatic rings. The number of hydrogen-bond acceptors (Lipinski definition) is 12. The van der Waals surface area contributed by atoms with Crippen molar-refractivity contribution in [1.82, 2.24) is 30.0 Å². The lowest BCUT2D eigenvalue weighted by Crippen LogP contribution is -2.54. The van der Waals surface area contributed by atoms with Gasteiger partial charge in [0.2, 0.25) is 11.8 Å². The average Bonchev–Trinajstić information content (AvgIpc) is 3.50. The van der Waals surface area contributed by atoms with Gasteiger partial charge < -0.3 is 20.0 Å². The van der Waals surface area contributed by atoms with E-state index in [9.17, 15) is 29.2 Å². The number of anilines is 4. The molecule has 0 aliphatic carbocycles. The minimum atomic E-state index is -1.11. The number of piperazine rings is 1. The van der Waals surface area contributed by atoms with E-state index in [0.29, 0.717) is 73.7 Å². The van der Waals surface area contributed by atoms with Gasteiger partial charge in [-0.05, 0) is 85.9 Å². The van der Waals surface area contributed by atoms with Crippen molar-refractivity contribution >= 4 is 70.1 Å². The summed E-state index contributed by atoms with van der Waals surface area (Å²) in [6.07, 6.45) is 7.15. The van der Waals surface area contributed by atoms with Gasteiger partial charge in [0, 0.05) is 80.9 Å². The Kier molecular flexibility index (Phi) is 10.7. The molecule has 0 bridgehead atoms. The molecule has 15 nitrogen and oxygen atoms in total. The second-order valence-corrected chi connectivity index (χ2v) is 16.2. The van der Waals surface area contributed by atoms with Gasteiger partial charge in [-0.3, -0.25) is 39.1 Å². The maximum atomic E-state index is 15.5. The molecule has 9 rings (SSSR count). The van der Waals surface area contributed by atoms with E-state index in [2.05, 4.69) is 31.6 Å². The van der Waals surface area contributed by atoms with Crippen LogP contribution in [0.15, 0.2) is 67.1 Å². The third kappa shape index (κ3) is 7.78. The van der Waals surface area contributed by atoms with Crippen LogP contribution in [0, 0.1) is 23.1 Å². The molecule has 5 aliphatic rings. The van der Waals surface area contributed by atoms with E-state index in [1.807, 2.05) is 57.3 Å². The predicted molar refractivity (Wildman–Crippen MR) is 223 cm³/mol. The smallest absolute Gasteiger partial charge is 0.262 e. The molecule has 3 saturated heterocycles. The number of imide groups is 2. The van der Waals surface area contributed by atoms with Gasteiger partial charge in [-0.15, -0.1) is 0 Å². The second kappa shape index (κ2) is 16.4. The standard InChI is InChI=1S/C44H40ClFN10O5/c45-34-19-30(6-3-28(34)22-47)55-14-11-31-36(24-55)48-25-49-40(31)50-29-4-1-27(2-5-29)42(59)54-12-9-26(10-13-54)23-52-15-17-53(18-16-52)38-21-33-32(20-35(38)46)43(60)56(44(33)61)37-7-8-39(57)51-41(37)58/h1-6,11,14,19-21,25-26,37H,7-10,12-13,15-18,23-24H2,(H,48,49,50)(H,51,57,58). The summed E-state index contributed by atoms with van der Waals surface area (Å²) in [5.41, 5.74) is 4.55. The number of amides is 5. The highest BCUT2D eigenvalue weighted by Crippen LogP contribution is 2.34. The second-order valence-electron chi connectivity index (χ2n) is 15.8. The van der Waals surface area contributed by atoms with Crippen molar-refractivity contribution in [2.45, 2.75) is 38.3 Å². The monoisotopic (exact) mass is 842 g/mol. The number of fused-ring (bicyclic) bond motifs is 2. The van der Waals surface area contributed by atoms with Gasteiger partial charge in [0.15, 0.2) is 0 Å². The van der Waals surface area contributed by atoms with Crippen LogP contribution in [-0.4, -0.2) is 106 Å².